The summed E-state index contributed by atoms with van der Waals surface area (Å²) in [6.45, 7) is 7.34. The molecular formula is C35H42FN5O5S. The van der Waals surface area contributed by atoms with Gasteiger partial charge in [-0.25, -0.2) is 12.8 Å². The van der Waals surface area contributed by atoms with Gasteiger partial charge in [-0.05, 0) is 67.6 Å². The number of amides is 3. The van der Waals surface area contributed by atoms with Crippen LogP contribution in [0.15, 0.2) is 85.5 Å². The van der Waals surface area contributed by atoms with E-state index in [-0.39, 0.29) is 29.3 Å². The fraction of sp³-hybridized carbons (Fsp3) is 0.343. The van der Waals surface area contributed by atoms with Crippen LogP contribution in [0.3, 0.4) is 0 Å². The fourth-order valence-electron chi connectivity index (χ4n) is 5.38. The number of nitrogens with zero attached hydrogens (tertiary/aromatic N) is 2. The molecule has 4 rings (SSSR count). The van der Waals surface area contributed by atoms with Crippen molar-refractivity contribution >= 4 is 33.4 Å². The molecule has 1 fully saturated rings. The molecule has 3 aromatic rings. The second-order valence-corrected chi connectivity index (χ2v) is 13.8. The highest BCUT2D eigenvalue weighted by Gasteiger charge is 2.25. The number of hydrogen-bond donors (Lipinski definition) is 3. The summed E-state index contributed by atoms with van der Waals surface area (Å²) in [5.41, 5.74) is 1.79. The Morgan fingerprint density at radius 2 is 1.55 bits per heavy atom. The fourth-order valence-corrected chi connectivity index (χ4v) is 5.87. The van der Waals surface area contributed by atoms with Crippen molar-refractivity contribution in [2.45, 2.75) is 44.3 Å². The van der Waals surface area contributed by atoms with Crippen LogP contribution in [-0.4, -0.2) is 76.1 Å². The predicted octanol–water partition coefficient (Wildman–Crippen LogP) is 3.82. The smallest absolute Gasteiger partial charge is 0.252 e. The minimum Gasteiger partial charge on any atom is -0.348 e. The van der Waals surface area contributed by atoms with E-state index < -0.39 is 45.8 Å². The van der Waals surface area contributed by atoms with Gasteiger partial charge in [-0.1, -0.05) is 48.5 Å². The van der Waals surface area contributed by atoms with Crippen molar-refractivity contribution < 1.29 is 27.2 Å². The van der Waals surface area contributed by atoms with Gasteiger partial charge in [-0.2, -0.15) is 0 Å². The molecule has 0 aliphatic carbocycles. The Hall–Kier alpha value is -4.55. The summed E-state index contributed by atoms with van der Waals surface area (Å²) in [6, 6.07) is 17.8. The summed E-state index contributed by atoms with van der Waals surface area (Å²) in [5.74, 6) is -1.53. The zero-order chi connectivity index (χ0) is 34.1. The predicted molar refractivity (Wildman–Crippen MR) is 181 cm³/mol. The minimum atomic E-state index is -3.74. The molecular weight excluding hydrogens is 621 g/mol. The van der Waals surface area contributed by atoms with E-state index in [9.17, 15) is 27.2 Å². The average Bonchev–Trinajstić information content (AvgIpc) is 3.60. The van der Waals surface area contributed by atoms with Crippen molar-refractivity contribution in [3.8, 4) is 0 Å². The number of halogens is 1. The molecule has 0 unspecified atom stereocenters. The van der Waals surface area contributed by atoms with Gasteiger partial charge in [0.15, 0.2) is 0 Å². The molecule has 0 bridgehead atoms. The summed E-state index contributed by atoms with van der Waals surface area (Å²) in [4.78, 5) is 42.0. The average molecular weight is 664 g/mol. The summed E-state index contributed by atoms with van der Waals surface area (Å²) in [6.07, 6.45) is 4.94. The first-order valence-corrected chi connectivity index (χ1v) is 17.4. The zero-order valence-corrected chi connectivity index (χ0v) is 27.7. The molecule has 1 heterocycles. The number of carbonyl (C=O) groups is 3. The minimum absolute atomic E-state index is 0.0120. The van der Waals surface area contributed by atoms with Gasteiger partial charge in [0.05, 0.1) is 24.0 Å². The van der Waals surface area contributed by atoms with E-state index in [1.54, 1.807) is 6.92 Å². The van der Waals surface area contributed by atoms with Crippen LogP contribution in [0.5, 0.6) is 0 Å². The number of likely N-dealkylation sites (tertiary alicyclic amines) is 1. The third-order valence-corrected chi connectivity index (χ3v) is 9.38. The highest BCUT2D eigenvalue weighted by molar-refractivity contribution is 7.92. The summed E-state index contributed by atoms with van der Waals surface area (Å²) < 4.78 is 39.4. The topological polar surface area (TPSA) is 128 Å². The molecule has 3 amide bonds. The highest BCUT2D eigenvalue weighted by Crippen LogP contribution is 2.23. The van der Waals surface area contributed by atoms with Gasteiger partial charge < -0.3 is 20.9 Å². The second kappa shape index (κ2) is 15.8. The van der Waals surface area contributed by atoms with Gasteiger partial charge in [0.1, 0.15) is 5.82 Å². The van der Waals surface area contributed by atoms with E-state index in [1.807, 2.05) is 35.2 Å². The van der Waals surface area contributed by atoms with Crippen molar-refractivity contribution in [3.05, 3.63) is 114 Å². The van der Waals surface area contributed by atoms with Crippen molar-refractivity contribution in [2.24, 2.45) is 0 Å². The molecule has 3 N–H and O–H groups in total. The third-order valence-electron chi connectivity index (χ3n) is 8.17. The molecule has 3 aromatic carbocycles. The van der Waals surface area contributed by atoms with Crippen LogP contribution in [0, 0.1) is 5.82 Å². The van der Waals surface area contributed by atoms with E-state index in [0.717, 1.165) is 42.1 Å². The van der Waals surface area contributed by atoms with Gasteiger partial charge in [0.25, 0.3) is 11.8 Å². The lowest BCUT2D eigenvalue weighted by atomic mass is 10.0. The van der Waals surface area contributed by atoms with Crippen molar-refractivity contribution in [2.75, 3.05) is 37.2 Å². The van der Waals surface area contributed by atoms with Crippen molar-refractivity contribution in [1.29, 1.82) is 0 Å². The molecule has 0 spiro atoms. The van der Waals surface area contributed by atoms with E-state index in [2.05, 4.69) is 22.5 Å². The van der Waals surface area contributed by atoms with Crippen molar-refractivity contribution in [1.82, 2.24) is 20.9 Å². The van der Waals surface area contributed by atoms with E-state index in [0.29, 0.717) is 12.0 Å². The van der Waals surface area contributed by atoms with Crippen LogP contribution in [0.1, 0.15) is 57.7 Å². The Morgan fingerprint density at radius 3 is 2.13 bits per heavy atom. The molecule has 12 heteroatoms. The lowest BCUT2D eigenvalue weighted by Crippen LogP contribution is -2.50. The number of nitrogens with one attached hydrogen (secondary N) is 3. The standard InChI is InChI=1S/C35H42FN5O5S/c1-5-32(26-13-15-29(36)16-14-26)39-34(43)28-20-27(21-31(22-28)40(3)47(4,45)46)33(42)38-30(19-25-11-7-6-8-12-25)23-37-24(2)35(44)41-17-9-10-18-41/h5-8,11-16,20-22,24,30,32,37H,1,9-10,17-19,23H2,2-4H3,(H,38,42)(H,39,43)/t24-,30-,32+/m0/s1. The number of carbonyl (C=O) groups excluding carboxylic acids is 3. The van der Waals surface area contributed by atoms with Crippen LogP contribution in [-0.2, 0) is 21.2 Å². The van der Waals surface area contributed by atoms with E-state index in [4.69, 9.17) is 0 Å². The van der Waals surface area contributed by atoms with Crippen LogP contribution in [0.25, 0.3) is 0 Å². The van der Waals surface area contributed by atoms with E-state index in [1.165, 1.54) is 55.6 Å². The molecule has 47 heavy (non-hydrogen) atoms. The van der Waals surface area contributed by atoms with Crippen molar-refractivity contribution in [3.63, 3.8) is 0 Å². The monoisotopic (exact) mass is 663 g/mol. The SMILES string of the molecule is C=C[C@@H](NC(=O)c1cc(C(=O)N[C@H](CN[C@@H](C)C(=O)N2CCCC2)Cc2ccccc2)cc(N(C)S(C)(=O)=O)c1)c1ccc(F)cc1. The summed E-state index contributed by atoms with van der Waals surface area (Å²) in [7, 11) is -2.41. The maximum atomic E-state index is 13.8. The lowest BCUT2D eigenvalue weighted by molar-refractivity contribution is -0.131. The molecule has 3 atom stereocenters. The van der Waals surface area contributed by atoms with Gasteiger partial charge in [-0.15, -0.1) is 6.58 Å². The first-order valence-electron chi connectivity index (χ1n) is 15.5. The van der Waals surface area contributed by atoms with Gasteiger partial charge in [-0.3, -0.25) is 18.7 Å². The molecule has 10 nitrogen and oxygen atoms in total. The number of hydrogen-bond acceptors (Lipinski definition) is 6. The first-order chi connectivity index (χ1) is 22.3. The maximum Gasteiger partial charge on any atom is 0.252 e. The van der Waals surface area contributed by atoms with Gasteiger partial charge in [0.2, 0.25) is 15.9 Å². The van der Waals surface area contributed by atoms with Crippen LogP contribution in [0.2, 0.25) is 0 Å². The third kappa shape index (κ3) is 9.72. The molecule has 0 radical (unpaired) electrons. The quantitative estimate of drug-likeness (QED) is 0.225. The Kier molecular flexibility index (Phi) is 11.9. The van der Waals surface area contributed by atoms with Gasteiger partial charge in [0, 0.05) is 43.9 Å². The van der Waals surface area contributed by atoms with Crippen LogP contribution in [0.4, 0.5) is 10.1 Å². The van der Waals surface area contributed by atoms with Crippen LogP contribution >= 0.6 is 0 Å². The van der Waals surface area contributed by atoms with Gasteiger partial charge >= 0.3 is 0 Å². The Labute approximate surface area is 276 Å². The molecule has 0 saturated carbocycles. The number of sulfonamides is 1. The zero-order valence-electron chi connectivity index (χ0n) is 26.9. The Bertz CT molecular complexity index is 1680. The molecule has 1 aliphatic heterocycles. The second-order valence-electron chi connectivity index (χ2n) is 11.8. The normalized spacial score (nSPS) is 14.9. The first kappa shape index (κ1) is 35.3. The Morgan fingerprint density at radius 1 is 0.957 bits per heavy atom. The highest BCUT2D eigenvalue weighted by atomic mass is 32.2. The van der Waals surface area contributed by atoms with E-state index >= 15 is 0 Å². The number of benzene rings is 3. The number of anilines is 1. The summed E-state index contributed by atoms with van der Waals surface area (Å²) in [5, 5.41) is 9.10. The molecule has 250 valence electrons. The van der Waals surface area contributed by atoms with Crippen LogP contribution < -0.4 is 20.3 Å². The lowest BCUT2D eigenvalue weighted by Gasteiger charge is -2.25. The maximum absolute atomic E-state index is 13.8. The summed E-state index contributed by atoms with van der Waals surface area (Å²) >= 11 is 0. The Balaban J connectivity index is 1.59. The largest absolute Gasteiger partial charge is 0.348 e. The number of rotatable bonds is 14. The molecule has 1 aliphatic rings. The molecule has 0 aromatic heterocycles. The molecule has 1 saturated heterocycles.